The van der Waals surface area contributed by atoms with E-state index in [0.29, 0.717) is 32.1 Å². The summed E-state index contributed by atoms with van der Waals surface area (Å²) in [5, 5.41) is 5.86. The predicted molar refractivity (Wildman–Crippen MR) is 90.3 cm³/mol. The lowest BCUT2D eigenvalue weighted by molar-refractivity contribution is -0.118. The molecule has 1 aliphatic heterocycles. The number of hydrogen-bond acceptors (Lipinski definition) is 4. The van der Waals surface area contributed by atoms with Crippen LogP contribution < -0.4 is 15.4 Å². The number of benzene rings is 2. The molecule has 0 atom stereocenters. The average Bonchev–Trinajstić information content (AvgIpc) is 3.00. The summed E-state index contributed by atoms with van der Waals surface area (Å²) in [6.45, 7) is -0.0218. The van der Waals surface area contributed by atoms with Crippen LogP contribution in [0.1, 0.15) is 9.67 Å². The van der Waals surface area contributed by atoms with Gasteiger partial charge in [0, 0.05) is 15.8 Å². The summed E-state index contributed by atoms with van der Waals surface area (Å²) in [6, 6.07) is 11.3. The predicted octanol–water partition coefficient (Wildman–Crippen LogP) is 3.62. The van der Waals surface area contributed by atoms with Crippen molar-refractivity contribution in [1.29, 1.82) is 0 Å². The van der Waals surface area contributed by atoms with Gasteiger partial charge in [-0.3, -0.25) is 9.59 Å². The Morgan fingerprint density at radius 2 is 2.12 bits per heavy atom. The van der Waals surface area contributed by atoms with E-state index in [1.807, 2.05) is 0 Å². The van der Waals surface area contributed by atoms with E-state index in [1.54, 1.807) is 30.3 Å². The molecule has 4 rings (SSSR count). The summed E-state index contributed by atoms with van der Waals surface area (Å²) in [6.07, 6.45) is 0. The Bertz CT molecular complexity index is 983. The van der Waals surface area contributed by atoms with Crippen LogP contribution in [0.15, 0.2) is 42.5 Å². The average molecular weight is 342 g/mol. The molecule has 0 bridgehead atoms. The van der Waals surface area contributed by atoms with Crippen molar-refractivity contribution in [3.05, 3.63) is 53.2 Å². The summed E-state index contributed by atoms with van der Waals surface area (Å²) in [5.74, 6) is -0.377. The first-order valence-corrected chi connectivity index (χ1v) is 7.98. The Hall–Kier alpha value is -2.93. The topological polar surface area (TPSA) is 67.4 Å². The fourth-order valence-corrected chi connectivity index (χ4v) is 3.46. The van der Waals surface area contributed by atoms with Crippen LogP contribution in [0.3, 0.4) is 0 Å². The lowest BCUT2D eigenvalue weighted by Gasteiger charge is -2.18. The molecule has 5 nitrogen and oxygen atoms in total. The number of thiophene rings is 1. The third-order valence-corrected chi connectivity index (χ3v) is 4.70. The van der Waals surface area contributed by atoms with Crippen LogP contribution in [0, 0.1) is 5.82 Å². The first-order chi connectivity index (χ1) is 11.6. The number of ether oxygens (including phenoxy) is 1. The van der Waals surface area contributed by atoms with Crippen LogP contribution in [0.4, 0.5) is 15.8 Å². The second-order valence-corrected chi connectivity index (χ2v) is 6.35. The van der Waals surface area contributed by atoms with Gasteiger partial charge in [0.15, 0.2) is 6.61 Å². The fourth-order valence-electron chi connectivity index (χ4n) is 2.49. The Kier molecular flexibility index (Phi) is 3.42. The second-order valence-electron chi connectivity index (χ2n) is 5.26. The molecular weight excluding hydrogens is 331 g/mol. The summed E-state index contributed by atoms with van der Waals surface area (Å²) >= 11 is 1.22. The molecule has 2 N–H and O–H groups in total. The summed E-state index contributed by atoms with van der Waals surface area (Å²) < 4.78 is 19.7. The first kappa shape index (κ1) is 14.6. The molecule has 0 saturated heterocycles. The second kappa shape index (κ2) is 5.61. The standard InChI is InChI=1S/C17H11FN2O3S/c18-11-2-1-3-14-10(11)7-15(24-14)17(22)19-9-4-5-13-12(6-9)20-16(21)8-23-13/h1-7H,8H2,(H,19,22)(H,20,21). The van der Waals surface area contributed by atoms with Gasteiger partial charge in [-0.25, -0.2) is 4.39 Å². The van der Waals surface area contributed by atoms with E-state index in [4.69, 9.17) is 4.74 Å². The van der Waals surface area contributed by atoms with E-state index in [9.17, 15) is 14.0 Å². The zero-order chi connectivity index (χ0) is 16.7. The highest BCUT2D eigenvalue weighted by atomic mass is 32.1. The van der Waals surface area contributed by atoms with Crippen molar-refractivity contribution >= 4 is 44.6 Å². The molecule has 1 aromatic heterocycles. The molecule has 0 unspecified atom stereocenters. The van der Waals surface area contributed by atoms with Gasteiger partial charge >= 0.3 is 0 Å². The number of hydrogen-bond donors (Lipinski definition) is 2. The van der Waals surface area contributed by atoms with Crippen LogP contribution in [0.5, 0.6) is 5.75 Å². The van der Waals surface area contributed by atoms with Gasteiger partial charge in [0.2, 0.25) is 0 Å². The van der Waals surface area contributed by atoms with Gasteiger partial charge in [0.05, 0.1) is 10.6 Å². The smallest absolute Gasteiger partial charge is 0.265 e. The molecule has 0 saturated carbocycles. The minimum atomic E-state index is -0.351. The molecule has 120 valence electrons. The molecule has 24 heavy (non-hydrogen) atoms. The summed E-state index contributed by atoms with van der Waals surface area (Å²) in [7, 11) is 0. The first-order valence-electron chi connectivity index (χ1n) is 7.16. The molecule has 0 fully saturated rings. The van der Waals surface area contributed by atoms with Crippen molar-refractivity contribution in [3.8, 4) is 5.75 Å². The van der Waals surface area contributed by atoms with E-state index >= 15 is 0 Å². The highest BCUT2D eigenvalue weighted by molar-refractivity contribution is 7.20. The maximum atomic E-state index is 13.7. The SMILES string of the molecule is O=C1COc2ccc(NC(=O)c3cc4c(F)cccc4s3)cc2N1. The van der Waals surface area contributed by atoms with Crippen molar-refractivity contribution in [1.82, 2.24) is 0 Å². The largest absolute Gasteiger partial charge is 0.482 e. The molecule has 0 aliphatic carbocycles. The van der Waals surface area contributed by atoms with E-state index in [-0.39, 0.29) is 24.2 Å². The number of carbonyl (C=O) groups excluding carboxylic acids is 2. The van der Waals surface area contributed by atoms with Gasteiger partial charge in [-0.1, -0.05) is 6.07 Å². The van der Waals surface area contributed by atoms with Crippen molar-refractivity contribution in [2.75, 3.05) is 17.2 Å². The number of anilines is 2. The van der Waals surface area contributed by atoms with Gasteiger partial charge in [-0.05, 0) is 36.4 Å². The summed E-state index contributed by atoms with van der Waals surface area (Å²) in [4.78, 5) is 24.2. The maximum Gasteiger partial charge on any atom is 0.265 e. The van der Waals surface area contributed by atoms with Gasteiger partial charge < -0.3 is 15.4 Å². The van der Waals surface area contributed by atoms with Crippen LogP contribution >= 0.6 is 11.3 Å². The lowest BCUT2D eigenvalue weighted by atomic mass is 10.2. The number of rotatable bonds is 2. The van der Waals surface area contributed by atoms with Crippen molar-refractivity contribution < 1.29 is 18.7 Å². The Morgan fingerprint density at radius 3 is 2.96 bits per heavy atom. The summed E-state index contributed by atoms with van der Waals surface area (Å²) in [5.41, 5.74) is 1.02. The number of amides is 2. The third kappa shape index (κ3) is 2.59. The monoisotopic (exact) mass is 342 g/mol. The quantitative estimate of drug-likeness (QED) is 0.747. The maximum absolute atomic E-state index is 13.7. The molecule has 0 radical (unpaired) electrons. The fraction of sp³-hybridized carbons (Fsp3) is 0.0588. The molecule has 2 aromatic carbocycles. The van der Waals surface area contributed by atoms with Crippen molar-refractivity contribution in [3.63, 3.8) is 0 Å². The van der Waals surface area contributed by atoms with Gasteiger partial charge in [-0.15, -0.1) is 11.3 Å². The van der Waals surface area contributed by atoms with Gasteiger partial charge in [0.25, 0.3) is 11.8 Å². The van der Waals surface area contributed by atoms with Crippen LogP contribution in [0.25, 0.3) is 10.1 Å². The third-order valence-electron chi connectivity index (χ3n) is 3.60. The normalized spacial score (nSPS) is 13.1. The van der Waals surface area contributed by atoms with Gasteiger partial charge in [0.1, 0.15) is 11.6 Å². The molecule has 2 heterocycles. The lowest BCUT2D eigenvalue weighted by Crippen LogP contribution is -2.25. The highest BCUT2D eigenvalue weighted by Crippen LogP contribution is 2.32. The van der Waals surface area contributed by atoms with Crippen LogP contribution in [-0.4, -0.2) is 18.4 Å². The van der Waals surface area contributed by atoms with E-state index in [2.05, 4.69) is 10.6 Å². The molecule has 3 aromatic rings. The zero-order valence-electron chi connectivity index (χ0n) is 12.3. The highest BCUT2D eigenvalue weighted by Gasteiger charge is 2.17. The number of carbonyl (C=O) groups is 2. The Morgan fingerprint density at radius 1 is 1.25 bits per heavy atom. The van der Waals surface area contributed by atoms with E-state index in [0.717, 1.165) is 0 Å². The molecular formula is C17H11FN2O3S. The number of nitrogens with one attached hydrogen (secondary N) is 2. The Labute approximate surface area is 140 Å². The van der Waals surface area contributed by atoms with Gasteiger partial charge in [-0.2, -0.15) is 0 Å². The van der Waals surface area contributed by atoms with Crippen molar-refractivity contribution in [2.24, 2.45) is 0 Å². The molecule has 7 heteroatoms. The molecule has 1 aliphatic rings. The molecule has 0 spiro atoms. The molecule has 2 amide bonds. The Balaban J connectivity index is 1.60. The van der Waals surface area contributed by atoms with E-state index < -0.39 is 0 Å². The minimum absolute atomic E-state index is 0.0218. The van der Waals surface area contributed by atoms with Crippen molar-refractivity contribution in [2.45, 2.75) is 0 Å². The minimum Gasteiger partial charge on any atom is -0.482 e. The number of fused-ring (bicyclic) bond motifs is 2. The number of halogens is 1. The van der Waals surface area contributed by atoms with Crippen LogP contribution in [-0.2, 0) is 4.79 Å². The van der Waals surface area contributed by atoms with E-state index in [1.165, 1.54) is 23.5 Å². The van der Waals surface area contributed by atoms with Crippen LogP contribution in [0.2, 0.25) is 0 Å². The zero-order valence-corrected chi connectivity index (χ0v) is 13.1.